The van der Waals surface area contributed by atoms with Crippen molar-refractivity contribution in [1.29, 1.82) is 0 Å². The van der Waals surface area contributed by atoms with E-state index in [9.17, 15) is 9.90 Å². The van der Waals surface area contributed by atoms with Crippen molar-refractivity contribution < 1.29 is 9.90 Å². The van der Waals surface area contributed by atoms with E-state index >= 15 is 0 Å². The summed E-state index contributed by atoms with van der Waals surface area (Å²) >= 11 is 0. The van der Waals surface area contributed by atoms with Crippen LogP contribution in [0.3, 0.4) is 0 Å². The number of aromatic carboxylic acids is 1. The number of nitrogens with zero attached hydrogens (tertiary/aromatic N) is 1. The van der Waals surface area contributed by atoms with Gasteiger partial charge in [0.1, 0.15) is 0 Å². The molecule has 0 atom stereocenters. The van der Waals surface area contributed by atoms with Crippen molar-refractivity contribution in [2.24, 2.45) is 5.92 Å². The summed E-state index contributed by atoms with van der Waals surface area (Å²) in [6.07, 6.45) is 3.35. The van der Waals surface area contributed by atoms with E-state index in [1.165, 1.54) is 5.56 Å². The molecule has 0 radical (unpaired) electrons. The minimum Gasteiger partial charge on any atom is -0.478 e. The molecular weight excluding hydrogens is 274 g/mol. The van der Waals surface area contributed by atoms with Crippen LogP contribution in [0.2, 0.25) is 0 Å². The molecule has 3 heteroatoms. The number of anilines is 1. The second-order valence-electron chi connectivity index (χ2n) is 5.94. The number of carbonyl (C=O) groups is 1. The molecule has 1 saturated heterocycles. The number of piperidine rings is 1. The molecule has 2 aromatic carbocycles. The molecule has 0 amide bonds. The topological polar surface area (TPSA) is 40.5 Å². The molecule has 0 aromatic heterocycles. The summed E-state index contributed by atoms with van der Waals surface area (Å²) in [6, 6.07) is 17.9. The fraction of sp³-hybridized carbons (Fsp3) is 0.316. The smallest absolute Gasteiger partial charge is 0.337 e. The normalized spacial score (nSPS) is 15.7. The first-order valence-corrected chi connectivity index (χ1v) is 7.85. The summed E-state index contributed by atoms with van der Waals surface area (Å²) in [5.74, 6) is -0.155. The van der Waals surface area contributed by atoms with Crippen LogP contribution in [0.25, 0.3) is 0 Å². The monoisotopic (exact) mass is 295 g/mol. The van der Waals surface area contributed by atoms with E-state index < -0.39 is 5.97 Å². The molecule has 1 heterocycles. The molecule has 0 bridgehead atoms. The zero-order chi connectivity index (χ0) is 15.4. The Morgan fingerprint density at radius 2 is 1.64 bits per heavy atom. The molecule has 3 nitrogen and oxygen atoms in total. The van der Waals surface area contributed by atoms with Crippen LogP contribution in [0, 0.1) is 5.92 Å². The number of rotatable bonds is 4. The number of para-hydroxylation sites is 1. The molecule has 1 aliphatic rings. The molecule has 22 heavy (non-hydrogen) atoms. The maximum absolute atomic E-state index is 11.3. The predicted molar refractivity (Wildman–Crippen MR) is 88.5 cm³/mol. The van der Waals surface area contributed by atoms with Crippen molar-refractivity contribution in [2.45, 2.75) is 19.3 Å². The Bertz CT molecular complexity index is 631. The zero-order valence-corrected chi connectivity index (χ0v) is 12.6. The zero-order valence-electron chi connectivity index (χ0n) is 12.6. The minimum atomic E-state index is -0.845. The number of hydrogen-bond donors (Lipinski definition) is 1. The van der Waals surface area contributed by atoms with Crippen molar-refractivity contribution in [3.8, 4) is 0 Å². The molecule has 0 aliphatic carbocycles. The first-order valence-electron chi connectivity index (χ1n) is 7.85. The van der Waals surface area contributed by atoms with Crippen LogP contribution in [0.1, 0.15) is 28.8 Å². The highest BCUT2D eigenvalue weighted by Crippen LogP contribution is 2.28. The average molecular weight is 295 g/mol. The third kappa shape index (κ3) is 3.30. The quantitative estimate of drug-likeness (QED) is 0.931. The van der Waals surface area contributed by atoms with Gasteiger partial charge in [-0.05, 0) is 42.9 Å². The summed E-state index contributed by atoms with van der Waals surface area (Å²) in [5, 5.41) is 9.32. The molecule has 0 unspecified atom stereocenters. The second-order valence-corrected chi connectivity index (χ2v) is 5.94. The fourth-order valence-electron chi connectivity index (χ4n) is 3.26. The van der Waals surface area contributed by atoms with Crippen LogP contribution in [0.5, 0.6) is 0 Å². The third-order valence-electron chi connectivity index (χ3n) is 4.46. The summed E-state index contributed by atoms with van der Waals surface area (Å²) in [5.41, 5.74) is 2.66. The van der Waals surface area contributed by atoms with Gasteiger partial charge in [0.05, 0.1) is 11.3 Å². The Hall–Kier alpha value is -2.29. The highest BCUT2D eigenvalue weighted by Gasteiger charge is 2.22. The van der Waals surface area contributed by atoms with Gasteiger partial charge in [0.2, 0.25) is 0 Å². The van der Waals surface area contributed by atoms with Crippen molar-refractivity contribution in [3.05, 3.63) is 65.7 Å². The largest absolute Gasteiger partial charge is 0.478 e. The molecule has 3 rings (SSSR count). The second kappa shape index (κ2) is 6.65. The number of carboxylic acid groups (broad SMARTS) is 1. The van der Waals surface area contributed by atoms with Crippen LogP contribution < -0.4 is 4.90 Å². The van der Waals surface area contributed by atoms with Gasteiger partial charge in [-0.1, -0.05) is 42.5 Å². The first kappa shape index (κ1) is 14.6. The maximum atomic E-state index is 11.3. The van der Waals surface area contributed by atoms with Gasteiger partial charge in [-0.25, -0.2) is 4.79 Å². The van der Waals surface area contributed by atoms with Gasteiger partial charge < -0.3 is 10.0 Å². The summed E-state index contributed by atoms with van der Waals surface area (Å²) in [7, 11) is 0. The van der Waals surface area contributed by atoms with Crippen LogP contribution >= 0.6 is 0 Å². The number of hydrogen-bond acceptors (Lipinski definition) is 2. The molecule has 2 aromatic rings. The van der Waals surface area contributed by atoms with Gasteiger partial charge in [-0.15, -0.1) is 0 Å². The highest BCUT2D eigenvalue weighted by atomic mass is 16.4. The average Bonchev–Trinajstić information content (AvgIpc) is 2.56. The van der Waals surface area contributed by atoms with Gasteiger partial charge in [0.15, 0.2) is 0 Å². The Morgan fingerprint density at radius 3 is 2.32 bits per heavy atom. The van der Waals surface area contributed by atoms with E-state index in [0.717, 1.165) is 38.0 Å². The Morgan fingerprint density at radius 1 is 1.00 bits per heavy atom. The van der Waals surface area contributed by atoms with Gasteiger partial charge in [-0.3, -0.25) is 0 Å². The molecule has 1 fully saturated rings. The van der Waals surface area contributed by atoms with Crippen molar-refractivity contribution in [3.63, 3.8) is 0 Å². The lowest BCUT2D eigenvalue weighted by Gasteiger charge is -2.34. The molecule has 114 valence electrons. The Balaban J connectivity index is 1.64. The van der Waals surface area contributed by atoms with E-state index in [1.54, 1.807) is 12.1 Å². The van der Waals surface area contributed by atoms with Crippen LogP contribution in [-0.4, -0.2) is 24.2 Å². The fourth-order valence-corrected chi connectivity index (χ4v) is 3.26. The van der Waals surface area contributed by atoms with Crippen LogP contribution in [0.15, 0.2) is 54.6 Å². The summed E-state index contributed by atoms with van der Waals surface area (Å²) in [6.45, 7) is 1.86. The van der Waals surface area contributed by atoms with E-state index in [1.807, 2.05) is 12.1 Å². The summed E-state index contributed by atoms with van der Waals surface area (Å²) in [4.78, 5) is 13.6. The van der Waals surface area contributed by atoms with Crippen molar-refractivity contribution in [2.75, 3.05) is 18.0 Å². The van der Waals surface area contributed by atoms with Crippen molar-refractivity contribution >= 4 is 11.7 Å². The standard InChI is InChI=1S/C19H21NO2/c21-19(22)17-8-4-5-9-18(17)20-12-10-16(11-13-20)14-15-6-2-1-3-7-15/h1-9,16H,10-14H2,(H,21,22). The van der Waals surface area contributed by atoms with Gasteiger partial charge in [0, 0.05) is 13.1 Å². The number of benzene rings is 2. The Labute approximate surface area is 131 Å². The lowest BCUT2D eigenvalue weighted by atomic mass is 9.90. The van der Waals surface area contributed by atoms with Gasteiger partial charge in [0.25, 0.3) is 0 Å². The van der Waals surface area contributed by atoms with Crippen LogP contribution in [0.4, 0.5) is 5.69 Å². The SMILES string of the molecule is O=C(O)c1ccccc1N1CCC(Cc2ccccc2)CC1. The molecule has 1 aliphatic heterocycles. The molecule has 1 N–H and O–H groups in total. The van der Waals surface area contributed by atoms with Gasteiger partial charge in [-0.2, -0.15) is 0 Å². The third-order valence-corrected chi connectivity index (χ3v) is 4.46. The van der Waals surface area contributed by atoms with Crippen molar-refractivity contribution in [1.82, 2.24) is 0 Å². The predicted octanol–water partition coefficient (Wildman–Crippen LogP) is 3.84. The lowest BCUT2D eigenvalue weighted by molar-refractivity contribution is 0.0697. The first-order chi connectivity index (χ1) is 10.7. The van der Waals surface area contributed by atoms with E-state index in [0.29, 0.717) is 11.5 Å². The van der Waals surface area contributed by atoms with E-state index in [2.05, 4.69) is 35.2 Å². The van der Waals surface area contributed by atoms with E-state index in [4.69, 9.17) is 0 Å². The van der Waals surface area contributed by atoms with Gasteiger partial charge >= 0.3 is 5.97 Å². The number of carboxylic acids is 1. The highest BCUT2D eigenvalue weighted by molar-refractivity contribution is 5.94. The Kier molecular flexibility index (Phi) is 4.42. The summed E-state index contributed by atoms with van der Waals surface area (Å²) < 4.78 is 0. The van der Waals surface area contributed by atoms with E-state index in [-0.39, 0.29) is 0 Å². The lowest BCUT2D eigenvalue weighted by Crippen LogP contribution is -2.35. The maximum Gasteiger partial charge on any atom is 0.337 e. The van der Waals surface area contributed by atoms with Crippen LogP contribution in [-0.2, 0) is 6.42 Å². The molecule has 0 spiro atoms. The minimum absolute atomic E-state index is 0.406. The molecule has 0 saturated carbocycles. The molecular formula is C19H21NO2.